The maximum atomic E-state index is 11.8. The number of carboxylic acids is 2. The average Bonchev–Trinajstić information content (AvgIpc) is 2.41. The molecule has 0 radical (unpaired) electrons. The standard InChI is InChI=1S/C13H25N3O5/c14-8-4-3-5-9(15)12(19)16-10(13(20)21)6-1-2-7-11(17)18/h9-10H,1-8,14-15H2,(H,16,19)(H,17,18)(H,20,21)/t9-,10?/m0/s1. The number of amides is 1. The molecule has 21 heavy (non-hydrogen) atoms. The number of carbonyl (C=O) groups is 3. The molecule has 7 N–H and O–H groups in total. The van der Waals surface area contributed by atoms with E-state index in [-0.39, 0.29) is 12.8 Å². The van der Waals surface area contributed by atoms with E-state index in [0.29, 0.717) is 32.2 Å². The minimum absolute atomic E-state index is 0.0150. The summed E-state index contributed by atoms with van der Waals surface area (Å²) in [5, 5.41) is 19.9. The highest BCUT2D eigenvalue weighted by Gasteiger charge is 2.22. The molecule has 0 saturated heterocycles. The smallest absolute Gasteiger partial charge is 0.326 e. The van der Waals surface area contributed by atoms with Crippen LogP contribution >= 0.6 is 0 Å². The van der Waals surface area contributed by atoms with Crippen LogP contribution in [0.15, 0.2) is 0 Å². The van der Waals surface area contributed by atoms with Crippen LogP contribution in [0.5, 0.6) is 0 Å². The molecule has 0 aromatic heterocycles. The molecule has 0 spiro atoms. The van der Waals surface area contributed by atoms with Gasteiger partial charge < -0.3 is 27.0 Å². The SMILES string of the molecule is NCCCC[C@H](N)C(=O)NC(CCCCC(=O)O)C(=O)O. The van der Waals surface area contributed by atoms with Crippen molar-refractivity contribution in [3.8, 4) is 0 Å². The molecule has 122 valence electrons. The van der Waals surface area contributed by atoms with Crippen LogP contribution in [0.4, 0.5) is 0 Å². The largest absolute Gasteiger partial charge is 0.481 e. The first-order valence-electron chi connectivity index (χ1n) is 7.09. The Kier molecular flexibility index (Phi) is 10.2. The Balaban J connectivity index is 4.14. The van der Waals surface area contributed by atoms with Gasteiger partial charge in [-0.25, -0.2) is 4.79 Å². The number of carboxylic acid groups (broad SMARTS) is 2. The molecule has 0 aromatic rings. The van der Waals surface area contributed by atoms with Gasteiger partial charge in [-0.2, -0.15) is 0 Å². The molecule has 0 aromatic carbocycles. The van der Waals surface area contributed by atoms with E-state index in [1.54, 1.807) is 0 Å². The first kappa shape index (κ1) is 19.3. The summed E-state index contributed by atoms with van der Waals surface area (Å²) < 4.78 is 0. The number of carbonyl (C=O) groups excluding carboxylic acids is 1. The van der Waals surface area contributed by atoms with Crippen molar-refractivity contribution in [1.82, 2.24) is 5.32 Å². The van der Waals surface area contributed by atoms with E-state index < -0.39 is 29.9 Å². The first-order valence-corrected chi connectivity index (χ1v) is 7.09. The Morgan fingerprint density at radius 2 is 1.62 bits per heavy atom. The fraction of sp³-hybridized carbons (Fsp3) is 0.769. The normalized spacial score (nSPS) is 13.4. The van der Waals surface area contributed by atoms with Crippen LogP contribution in [0.1, 0.15) is 44.9 Å². The maximum absolute atomic E-state index is 11.8. The van der Waals surface area contributed by atoms with Gasteiger partial charge in [-0.15, -0.1) is 0 Å². The maximum Gasteiger partial charge on any atom is 0.326 e. The summed E-state index contributed by atoms with van der Waals surface area (Å²) in [4.78, 5) is 33.2. The van der Waals surface area contributed by atoms with Crippen LogP contribution in [0, 0.1) is 0 Å². The lowest BCUT2D eigenvalue weighted by atomic mass is 10.1. The molecule has 0 aliphatic heterocycles. The molecule has 0 rings (SSSR count). The van der Waals surface area contributed by atoms with Crippen molar-refractivity contribution < 1.29 is 24.6 Å². The molecule has 2 atom stereocenters. The van der Waals surface area contributed by atoms with Crippen molar-refractivity contribution in [2.24, 2.45) is 11.5 Å². The monoisotopic (exact) mass is 303 g/mol. The molecule has 8 heteroatoms. The van der Waals surface area contributed by atoms with Gasteiger partial charge in [0.2, 0.25) is 5.91 Å². The van der Waals surface area contributed by atoms with Crippen molar-refractivity contribution in [3.63, 3.8) is 0 Å². The molecular weight excluding hydrogens is 278 g/mol. The van der Waals surface area contributed by atoms with E-state index in [9.17, 15) is 14.4 Å². The Morgan fingerprint density at radius 1 is 1.00 bits per heavy atom. The second-order valence-corrected chi connectivity index (χ2v) is 4.93. The zero-order valence-corrected chi connectivity index (χ0v) is 12.1. The Hall–Kier alpha value is -1.67. The summed E-state index contributed by atoms with van der Waals surface area (Å²) in [6, 6.07) is -1.79. The van der Waals surface area contributed by atoms with E-state index in [1.807, 2.05) is 0 Å². The molecular formula is C13H25N3O5. The van der Waals surface area contributed by atoms with Crippen LogP contribution in [0.3, 0.4) is 0 Å². The van der Waals surface area contributed by atoms with Crippen molar-refractivity contribution >= 4 is 17.8 Å². The van der Waals surface area contributed by atoms with Gasteiger partial charge >= 0.3 is 11.9 Å². The molecule has 0 saturated carbocycles. The fourth-order valence-electron chi connectivity index (χ4n) is 1.80. The van der Waals surface area contributed by atoms with Crippen LogP contribution in [0.25, 0.3) is 0 Å². The molecule has 1 unspecified atom stereocenters. The molecule has 0 fully saturated rings. The van der Waals surface area contributed by atoms with E-state index >= 15 is 0 Å². The van der Waals surface area contributed by atoms with Gasteiger partial charge in [-0.05, 0) is 32.2 Å². The van der Waals surface area contributed by atoms with E-state index in [0.717, 1.165) is 6.42 Å². The third-order valence-electron chi connectivity index (χ3n) is 3.05. The zero-order valence-electron chi connectivity index (χ0n) is 12.1. The van der Waals surface area contributed by atoms with Gasteiger partial charge in [-0.1, -0.05) is 12.8 Å². The third-order valence-corrected chi connectivity index (χ3v) is 3.05. The molecule has 0 heterocycles. The number of hydrogen-bond acceptors (Lipinski definition) is 5. The Morgan fingerprint density at radius 3 is 2.14 bits per heavy atom. The average molecular weight is 303 g/mol. The first-order chi connectivity index (χ1) is 9.88. The van der Waals surface area contributed by atoms with Crippen LogP contribution in [0.2, 0.25) is 0 Å². The zero-order chi connectivity index (χ0) is 16.3. The van der Waals surface area contributed by atoms with E-state index in [1.165, 1.54) is 0 Å². The van der Waals surface area contributed by atoms with Crippen molar-refractivity contribution in [3.05, 3.63) is 0 Å². The highest BCUT2D eigenvalue weighted by molar-refractivity contribution is 5.86. The molecule has 1 amide bonds. The van der Waals surface area contributed by atoms with Gasteiger partial charge in [-0.3, -0.25) is 9.59 Å². The summed E-state index contributed by atoms with van der Waals surface area (Å²) in [5.74, 6) is -2.57. The fourth-order valence-corrected chi connectivity index (χ4v) is 1.80. The van der Waals surface area contributed by atoms with E-state index in [4.69, 9.17) is 21.7 Å². The second kappa shape index (κ2) is 11.0. The summed E-state index contributed by atoms with van der Waals surface area (Å²) in [6.45, 7) is 0.523. The second-order valence-electron chi connectivity index (χ2n) is 4.93. The van der Waals surface area contributed by atoms with Gasteiger partial charge in [0, 0.05) is 6.42 Å². The Labute approximate surface area is 123 Å². The topological polar surface area (TPSA) is 156 Å². The number of nitrogens with one attached hydrogen (secondary N) is 1. The highest BCUT2D eigenvalue weighted by atomic mass is 16.4. The van der Waals surface area contributed by atoms with Crippen molar-refractivity contribution in [1.29, 1.82) is 0 Å². The lowest BCUT2D eigenvalue weighted by molar-refractivity contribution is -0.142. The number of nitrogens with two attached hydrogens (primary N) is 2. The summed E-state index contributed by atoms with van der Waals surface area (Å²) in [6.07, 6.45) is 2.88. The van der Waals surface area contributed by atoms with Crippen LogP contribution in [-0.2, 0) is 14.4 Å². The van der Waals surface area contributed by atoms with E-state index in [2.05, 4.69) is 5.32 Å². The van der Waals surface area contributed by atoms with Gasteiger partial charge in [0.15, 0.2) is 0 Å². The third kappa shape index (κ3) is 9.80. The van der Waals surface area contributed by atoms with Crippen LogP contribution < -0.4 is 16.8 Å². The lowest BCUT2D eigenvalue weighted by Crippen LogP contribution is -2.48. The summed E-state index contributed by atoms with van der Waals surface area (Å²) in [7, 11) is 0. The number of unbranched alkanes of at least 4 members (excludes halogenated alkanes) is 2. The predicted molar refractivity (Wildman–Crippen MR) is 76.6 cm³/mol. The van der Waals surface area contributed by atoms with Crippen LogP contribution in [-0.4, -0.2) is 46.7 Å². The minimum atomic E-state index is -1.15. The minimum Gasteiger partial charge on any atom is -0.481 e. The summed E-state index contributed by atoms with van der Waals surface area (Å²) in [5.41, 5.74) is 11.0. The van der Waals surface area contributed by atoms with Crippen molar-refractivity contribution in [2.75, 3.05) is 6.54 Å². The molecule has 0 aliphatic rings. The number of hydrogen-bond donors (Lipinski definition) is 5. The molecule has 0 aliphatic carbocycles. The molecule has 0 bridgehead atoms. The predicted octanol–water partition coefficient (Wildman–Crippen LogP) is -0.343. The summed E-state index contributed by atoms with van der Waals surface area (Å²) >= 11 is 0. The lowest BCUT2D eigenvalue weighted by Gasteiger charge is -2.17. The molecule has 8 nitrogen and oxygen atoms in total. The van der Waals surface area contributed by atoms with Crippen molar-refractivity contribution in [2.45, 2.75) is 57.0 Å². The quantitative estimate of drug-likeness (QED) is 0.309. The Bertz CT molecular complexity index is 349. The van der Waals surface area contributed by atoms with Gasteiger partial charge in [0.05, 0.1) is 6.04 Å². The highest BCUT2D eigenvalue weighted by Crippen LogP contribution is 2.06. The number of aliphatic carboxylic acids is 2. The van der Waals surface area contributed by atoms with Gasteiger partial charge in [0.1, 0.15) is 6.04 Å². The van der Waals surface area contributed by atoms with Gasteiger partial charge in [0.25, 0.3) is 0 Å². The number of rotatable bonds is 12.